The predicted molar refractivity (Wildman–Crippen MR) is 164 cm³/mol. The molecule has 0 saturated heterocycles. The van der Waals surface area contributed by atoms with Gasteiger partial charge in [0.1, 0.15) is 9.21 Å². The molecule has 0 amide bonds. The summed E-state index contributed by atoms with van der Waals surface area (Å²) in [4.78, 5) is 37.8. The van der Waals surface area contributed by atoms with Crippen LogP contribution in [0.1, 0.15) is 20.7 Å². The Morgan fingerprint density at radius 3 is 1.78 bits per heavy atom. The van der Waals surface area contributed by atoms with Crippen LogP contribution < -0.4 is 11.1 Å². The van der Waals surface area contributed by atoms with Gasteiger partial charge < -0.3 is 30.1 Å². The van der Waals surface area contributed by atoms with Crippen LogP contribution in [0.3, 0.4) is 0 Å². The molecule has 0 unspecified atom stereocenters. The van der Waals surface area contributed by atoms with E-state index in [4.69, 9.17) is 15.9 Å². The second kappa shape index (κ2) is 13.3. The van der Waals surface area contributed by atoms with Gasteiger partial charge in [-0.2, -0.15) is 0 Å². The summed E-state index contributed by atoms with van der Waals surface area (Å²) in [5.41, 5.74) is 8.66. The van der Waals surface area contributed by atoms with E-state index in [0.717, 1.165) is 20.5 Å². The van der Waals surface area contributed by atoms with Crippen molar-refractivity contribution < 1.29 is 19.8 Å². The van der Waals surface area contributed by atoms with Crippen molar-refractivity contribution in [3.8, 4) is 0 Å². The first-order valence-electron chi connectivity index (χ1n) is 11.4. The highest BCUT2D eigenvalue weighted by molar-refractivity contribution is 9.11. The van der Waals surface area contributed by atoms with Crippen molar-refractivity contribution in [2.75, 3.05) is 11.1 Å². The highest BCUT2D eigenvalue weighted by Gasteiger charge is 2.08. The maximum absolute atomic E-state index is 10.8. The Hall–Kier alpha value is -4.34. The third kappa shape index (κ3) is 7.87. The Morgan fingerprint density at radius 1 is 0.732 bits per heavy atom. The SMILES string of the molecule is Brc1cn2ccnc2c(Br)n1.Nc1ccc(C(=O)O)cc1.O=C(O)c1ccc(Nc2nc(Br)cn3ccnc23)cc1. The summed E-state index contributed by atoms with van der Waals surface area (Å²) >= 11 is 9.92. The van der Waals surface area contributed by atoms with Gasteiger partial charge in [0.25, 0.3) is 0 Å². The Morgan fingerprint density at radius 2 is 1.22 bits per heavy atom. The number of rotatable bonds is 4. The van der Waals surface area contributed by atoms with Gasteiger partial charge >= 0.3 is 11.9 Å². The molecule has 0 spiro atoms. The van der Waals surface area contributed by atoms with Gasteiger partial charge in [-0.15, -0.1) is 0 Å². The normalized spacial score (nSPS) is 10.3. The summed E-state index contributed by atoms with van der Waals surface area (Å²) in [6, 6.07) is 12.5. The highest BCUT2D eigenvalue weighted by Crippen LogP contribution is 2.22. The van der Waals surface area contributed by atoms with Crippen molar-refractivity contribution in [3.63, 3.8) is 0 Å². The van der Waals surface area contributed by atoms with E-state index in [0.29, 0.717) is 21.8 Å². The van der Waals surface area contributed by atoms with Crippen molar-refractivity contribution in [2.45, 2.75) is 0 Å². The zero-order valence-corrected chi connectivity index (χ0v) is 25.4. The average Bonchev–Trinajstić information content (AvgIpc) is 3.60. The number of halogens is 3. The molecule has 4 aromatic heterocycles. The minimum atomic E-state index is -0.951. The van der Waals surface area contributed by atoms with E-state index in [1.54, 1.807) is 42.9 Å². The van der Waals surface area contributed by atoms with E-state index in [1.807, 2.05) is 27.4 Å². The number of nitrogens with two attached hydrogens (primary N) is 1. The molecule has 0 saturated carbocycles. The Bertz CT molecular complexity index is 1820. The van der Waals surface area contributed by atoms with Crippen molar-refractivity contribution in [1.29, 1.82) is 0 Å². The summed E-state index contributed by atoms with van der Waals surface area (Å²) in [7, 11) is 0. The summed E-state index contributed by atoms with van der Waals surface area (Å²) in [5, 5.41) is 20.4. The fourth-order valence-corrected chi connectivity index (χ4v) is 4.84. The zero-order valence-electron chi connectivity index (χ0n) is 20.7. The third-order valence-electron chi connectivity index (χ3n) is 5.20. The summed E-state index contributed by atoms with van der Waals surface area (Å²) < 4.78 is 5.94. The van der Waals surface area contributed by atoms with Crippen LogP contribution in [0.2, 0.25) is 0 Å². The molecule has 0 aliphatic carbocycles. The van der Waals surface area contributed by atoms with E-state index in [2.05, 4.69) is 73.0 Å². The van der Waals surface area contributed by atoms with Crippen LogP contribution in [0.5, 0.6) is 0 Å². The molecule has 2 aromatic carbocycles. The van der Waals surface area contributed by atoms with Gasteiger partial charge in [-0.05, 0) is 96.3 Å². The van der Waals surface area contributed by atoms with E-state index in [1.165, 1.54) is 24.3 Å². The zero-order chi connectivity index (χ0) is 29.5. The number of carbonyl (C=O) groups is 2. The average molecular weight is 747 g/mol. The molecule has 5 N–H and O–H groups in total. The first-order chi connectivity index (χ1) is 19.6. The first-order valence-corrected chi connectivity index (χ1v) is 13.8. The Kier molecular flexibility index (Phi) is 9.65. The van der Waals surface area contributed by atoms with Crippen molar-refractivity contribution in [3.05, 3.63) is 111 Å². The number of hydrogen-bond donors (Lipinski definition) is 4. The Balaban J connectivity index is 0.000000156. The molecule has 4 heterocycles. The number of imidazole rings is 2. The van der Waals surface area contributed by atoms with Crippen molar-refractivity contribution in [2.24, 2.45) is 0 Å². The van der Waals surface area contributed by atoms with Crippen molar-refractivity contribution in [1.82, 2.24) is 28.7 Å². The van der Waals surface area contributed by atoms with Crippen LogP contribution in [0, 0.1) is 0 Å². The number of carboxylic acids is 2. The minimum absolute atomic E-state index is 0.240. The number of anilines is 3. The van der Waals surface area contributed by atoms with E-state index in [-0.39, 0.29) is 11.1 Å². The quantitative estimate of drug-likeness (QED) is 0.153. The molecule has 0 aliphatic rings. The third-order valence-corrected chi connectivity index (χ3v) is 6.50. The van der Waals surface area contributed by atoms with Gasteiger partial charge in [-0.1, -0.05) is 0 Å². The minimum Gasteiger partial charge on any atom is -0.478 e. The van der Waals surface area contributed by atoms with Crippen LogP contribution >= 0.6 is 47.8 Å². The molecule has 0 radical (unpaired) electrons. The maximum Gasteiger partial charge on any atom is 0.335 e. The lowest BCUT2D eigenvalue weighted by Crippen LogP contribution is -2.00. The largest absolute Gasteiger partial charge is 0.478 e. The number of hydrogen-bond acceptors (Lipinski definition) is 8. The van der Waals surface area contributed by atoms with Crippen LogP contribution in [-0.4, -0.2) is 50.9 Å². The molecular formula is C26H19Br3N8O4. The number of nitrogens with one attached hydrogen (secondary N) is 1. The van der Waals surface area contributed by atoms with Crippen LogP contribution in [0.4, 0.5) is 17.2 Å². The summed E-state index contributed by atoms with van der Waals surface area (Å²) in [6.45, 7) is 0. The number of benzene rings is 2. The number of aromatic carboxylic acids is 2. The molecule has 0 aliphatic heterocycles. The van der Waals surface area contributed by atoms with Crippen LogP contribution in [0.15, 0.2) is 99.5 Å². The lowest BCUT2D eigenvalue weighted by molar-refractivity contribution is 0.0686. The molecule has 6 rings (SSSR count). The topological polar surface area (TPSA) is 173 Å². The van der Waals surface area contributed by atoms with E-state index >= 15 is 0 Å². The second-order valence-electron chi connectivity index (χ2n) is 8.02. The standard InChI is InChI=1S/C13H9BrN4O2.C7H7NO2.C6H3Br2N3/c14-10-7-18-6-5-15-12(18)11(17-10)16-9-3-1-8(2-4-9)13(19)20;8-6-3-1-5(2-4-6)7(9)10;7-4-3-11-2-1-9-6(11)5(8)10-4/h1-7H,(H,16,17)(H,19,20);1-4H,8H2,(H,9,10);1-3H. The van der Waals surface area contributed by atoms with Crippen molar-refractivity contribution >= 4 is 88.2 Å². The molecule has 41 heavy (non-hydrogen) atoms. The van der Waals surface area contributed by atoms with Gasteiger partial charge in [0.2, 0.25) is 0 Å². The van der Waals surface area contributed by atoms with Crippen LogP contribution in [0.25, 0.3) is 11.3 Å². The van der Waals surface area contributed by atoms with Gasteiger partial charge in [0.15, 0.2) is 21.7 Å². The fraction of sp³-hybridized carbons (Fsp3) is 0. The van der Waals surface area contributed by atoms with Crippen LogP contribution in [-0.2, 0) is 0 Å². The molecule has 0 bridgehead atoms. The molecule has 15 heteroatoms. The fourth-order valence-electron chi connectivity index (χ4n) is 3.31. The smallest absolute Gasteiger partial charge is 0.335 e. The monoisotopic (exact) mass is 744 g/mol. The van der Waals surface area contributed by atoms with E-state index in [9.17, 15) is 9.59 Å². The number of carboxylic acid groups (broad SMARTS) is 2. The molecular weight excluding hydrogens is 728 g/mol. The van der Waals surface area contributed by atoms with Gasteiger partial charge in [-0.3, -0.25) is 0 Å². The van der Waals surface area contributed by atoms with Gasteiger partial charge in [0.05, 0.1) is 11.1 Å². The molecule has 6 aromatic rings. The lowest BCUT2D eigenvalue weighted by Gasteiger charge is -2.07. The van der Waals surface area contributed by atoms with Gasteiger partial charge in [0, 0.05) is 48.6 Å². The summed E-state index contributed by atoms with van der Waals surface area (Å²) in [5.74, 6) is -1.29. The highest BCUT2D eigenvalue weighted by atomic mass is 79.9. The van der Waals surface area contributed by atoms with E-state index < -0.39 is 11.9 Å². The maximum atomic E-state index is 10.8. The van der Waals surface area contributed by atoms with Gasteiger partial charge in [-0.25, -0.2) is 29.5 Å². The molecule has 0 fully saturated rings. The Labute approximate surface area is 257 Å². The number of nitrogen functional groups attached to an aromatic ring is 1. The number of nitrogens with zero attached hydrogens (tertiary/aromatic N) is 6. The number of fused-ring (bicyclic) bond motifs is 2. The lowest BCUT2D eigenvalue weighted by atomic mass is 10.2. The summed E-state index contributed by atoms with van der Waals surface area (Å²) in [6.07, 6.45) is 10.8. The molecule has 12 nitrogen and oxygen atoms in total. The molecule has 0 atom stereocenters. The predicted octanol–water partition coefficient (Wildman–Crippen LogP) is 6.15. The second-order valence-corrected chi connectivity index (χ2v) is 10.4. The number of aromatic nitrogens is 6. The molecule has 208 valence electrons. The first kappa shape index (κ1) is 29.6.